The van der Waals surface area contributed by atoms with E-state index in [1.807, 2.05) is 26.0 Å². The maximum atomic E-state index is 12.1. The normalized spacial score (nSPS) is 15.4. The Labute approximate surface area is 138 Å². The molecule has 1 aromatic carbocycles. The molecule has 0 aromatic heterocycles. The number of carbonyl (C=O) groups is 2. The zero-order valence-electron chi connectivity index (χ0n) is 14.0. The summed E-state index contributed by atoms with van der Waals surface area (Å²) in [7, 11) is 0. The van der Waals surface area contributed by atoms with E-state index < -0.39 is 5.54 Å². The summed E-state index contributed by atoms with van der Waals surface area (Å²) < 4.78 is 0. The molecule has 0 saturated heterocycles. The number of rotatable bonds is 6. The van der Waals surface area contributed by atoms with Gasteiger partial charge in [-0.25, -0.2) is 0 Å². The van der Waals surface area contributed by atoms with Gasteiger partial charge in [0.05, 0.1) is 0 Å². The second-order valence-corrected chi connectivity index (χ2v) is 6.94. The van der Waals surface area contributed by atoms with Crippen molar-refractivity contribution in [3.63, 3.8) is 0 Å². The van der Waals surface area contributed by atoms with Crippen molar-refractivity contribution in [2.75, 3.05) is 6.54 Å². The summed E-state index contributed by atoms with van der Waals surface area (Å²) in [5, 5.41) is 5.88. The molecule has 0 unspecified atom stereocenters. The van der Waals surface area contributed by atoms with E-state index in [4.69, 9.17) is 5.73 Å². The van der Waals surface area contributed by atoms with Crippen LogP contribution in [0.25, 0.3) is 0 Å². The topological polar surface area (TPSA) is 84.2 Å². The van der Waals surface area contributed by atoms with E-state index in [0.29, 0.717) is 18.7 Å². The highest BCUT2D eigenvalue weighted by atomic mass is 16.2. The van der Waals surface area contributed by atoms with Gasteiger partial charge in [-0.1, -0.05) is 25.0 Å². The molecule has 0 spiro atoms. The summed E-state index contributed by atoms with van der Waals surface area (Å²) >= 11 is 0. The first-order chi connectivity index (χ1) is 10.9. The van der Waals surface area contributed by atoms with E-state index in [2.05, 4.69) is 10.6 Å². The Kier molecular flexibility index (Phi) is 5.77. The molecule has 126 valence electrons. The standard InChI is InChI=1S/C18H27N3O2/c1-18(2,12-19)21-17(23)15-9-7-13(8-10-15)11-20-16(22)14-5-3-4-6-14/h7-10,14H,3-6,11-12,19H2,1-2H3,(H,20,22)(H,21,23). The highest BCUT2D eigenvalue weighted by molar-refractivity contribution is 5.94. The molecule has 1 aliphatic carbocycles. The lowest BCUT2D eigenvalue weighted by atomic mass is 10.0. The highest BCUT2D eigenvalue weighted by Crippen LogP contribution is 2.24. The summed E-state index contributed by atoms with van der Waals surface area (Å²) in [6.07, 6.45) is 4.31. The lowest BCUT2D eigenvalue weighted by molar-refractivity contribution is -0.124. The number of hydrogen-bond acceptors (Lipinski definition) is 3. The quantitative estimate of drug-likeness (QED) is 0.750. The predicted molar refractivity (Wildman–Crippen MR) is 90.8 cm³/mol. The highest BCUT2D eigenvalue weighted by Gasteiger charge is 2.22. The van der Waals surface area contributed by atoms with Crippen LogP contribution in [0.2, 0.25) is 0 Å². The second kappa shape index (κ2) is 7.59. The number of amides is 2. The minimum Gasteiger partial charge on any atom is -0.352 e. The second-order valence-electron chi connectivity index (χ2n) is 6.94. The largest absolute Gasteiger partial charge is 0.352 e. The average molecular weight is 317 g/mol. The van der Waals surface area contributed by atoms with Gasteiger partial charge < -0.3 is 16.4 Å². The first-order valence-electron chi connectivity index (χ1n) is 8.30. The van der Waals surface area contributed by atoms with Gasteiger partial charge in [0.15, 0.2) is 0 Å². The molecule has 5 heteroatoms. The zero-order chi connectivity index (χ0) is 16.9. The van der Waals surface area contributed by atoms with E-state index in [1.165, 1.54) is 0 Å². The molecule has 0 atom stereocenters. The van der Waals surface area contributed by atoms with Crippen LogP contribution in [0, 0.1) is 5.92 Å². The van der Waals surface area contributed by atoms with Gasteiger partial charge >= 0.3 is 0 Å². The van der Waals surface area contributed by atoms with Crippen LogP contribution in [0.3, 0.4) is 0 Å². The fraction of sp³-hybridized carbons (Fsp3) is 0.556. The van der Waals surface area contributed by atoms with Gasteiger partial charge in [-0.2, -0.15) is 0 Å². The SMILES string of the molecule is CC(C)(CN)NC(=O)c1ccc(CNC(=O)C2CCCC2)cc1. The van der Waals surface area contributed by atoms with Gasteiger partial charge in [0.2, 0.25) is 5.91 Å². The summed E-state index contributed by atoms with van der Waals surface area (Å²) in [5.74, 6) is 0.189. The Bertz CT molecular complexity index is 546. The molecule has 4 N–H and O–H groups in total. The predicted octanol–water partition coefficient (Wildman–Crippen LogP) is 1.96. The molecule has 2 rings (SSSR count). The average Bonchev–Trinajstić information content (AvgIpc) is 3.07. The minimum absolute atomic E-state index is 0.137. The molecule has 1 saturated carbocycles. The maximum absolute atomic E-state index is 12.1. The molecule has 0 aliphatic heterocycles. The van der Waals surface area contributed by atoms with E-state index >= 15 is 0 Å². The zero-order valence-corrected chi connectivity index (χ0v) is 14.0. The van der Waals surface area contributed by atoms with Crippen molar-refractivity contribution >= 4 is 11.8 Å². The minimum atomic E-state index is -0.426. The summed E-state index contributed by atoms with van der Waals surface area (Å²) in [5.41, 5.74) is 6.78. The van der Waals surface area contributed by atoms with Crippen LogP contribution < -0.4 is 16.4 Å². The molecule has 23 heavy (non-hydrogen) atoms. The molecule has 2 amide bonds. The van der Waals surface area contributed by atoms with Crippen molar-refractivity contribution in [3.8, 4) is 0 Å². The van der Waals surface area contributed by atoms with Crippen LogP contribution in [0.5, 0.6) is 0 Å². The molecule has 1 aliphatic rings. The molecular weight excluding hydrogens is 290 g/mol. The fourth-order valence-electron chi connectivity index (χ4n) is 2.73. The maximum Gasteiger partial charge on any atom is 0.251 e. The third-order valence-corrected chi connectivity index (χ3v) is 4.37. The summed E-state index contributed by atoms with van der Waals surface area (Å²) in [4.78, 5) is 24.1. The van der Waals surface area contributed by atoms with E-state index in [1.54, 1.807) is 12.1 Å². The van der Waals surface area contributed by atoms with E-state index in [9.17, 15) is 9.59 Å². The summed E-state index contributed by atoms with van der Waals surface area (Å²) in [6, 6.07) is 7.30. The number of nitrogens with one attached hydrogen (secondary N) is 2. The smallest absolute Gasteiger partial charge is 0.251 e. The third-order valence-electron chi connectivity index (χ3n) is 4.37. The van der Waals surface area contributed by atoms with Gasteiger partial charge in [0.25, 0.3) is 5.91 Å². The fourth-order valence-corrected chi connectivity index (χ4v) is 2.73. The molecule has 0 bridgehead atoms. The Balaban J connectivity index is 1.86. The Morgan fingerprint density at radius 1 is 1.17 bits per heavy atom. The van der Waals surface area contributed by atoms with Crippen LogP contribution in [-0.2, 0) is 11.3 Å². The van der Waals surface area contributed by atoms with Crippen molar-refractivity contribution in [1.82, 2.24) is 10.6 Å². The first kappa shape index (κ1) is 17.5. The van der Waals surface area contributed by atoms with Gasteiger partial charge in [-0.05, 0) is 44.4 Å². The van der Waals surface area contributed by atoms with Crippen LogP contribution in [0.4, 0.5) is 0 Å². The van der Waals surface area contributed by atoms with Gasteiger partial charge in [-0.3, -0.25) is 9.59 Å². The van der Waals surface area contributed by atoms with Gasteiger partial charge in [-0.15, -0.1) is 0 Å². The Morgan fingerprint density at radius 2 is 1.78 bits per heavy atom. The molecule has 0 radical (unpaired) electrons. The number of hydrogen-bond donors (Lipinski definition) is 3. The lowest BCUT2D eigenvalue weighted by Gasteiger charge is -2.24. The summed E-state index contributed by atoms with van der Waals surface area (Å²) in [6.45, 7) is 4.66. The number of nitrogens with two attached hydrogens (primary N) is 1. The van der Waals surface area contributed by atoms with E-state index in [0.717, 1.165) is 31.2 Å². The number of carbonyl (C=O) groups excluding carboxylic acids is 2. The number of benzene rings is 1. The van der Waals surface area contributed by atoms with Gasteiger partial charge in [0, 0.05) is 30.1 Å². The van der Waals surface area contributed by atoms with Crippen molar-refractivity contribution in [2.45, 2.75) is 51.6 Å². The van der Waals surface area contributed by atoms with Crippen LogP contribution in [0.15, 0.2) is 24.3 Å². The Hall–Kier alpha value is -1.88. The lowest BCUT2D eigenvalue weighted by Crippen LogP contribution is -2.48. The molecular formula is C18H27N3O2. The first-order valence-corrected chi connectivity index (χ1v) is 8.30. The van der Waals surface area contributed by atoms with Crippen LogP contribution >= 0.6 is 0 Å². The molecule has 0 heterocycles. The third kappa shape index (κ3) is 5.06. The van der Waals surface area contributed by atoms with Crippen molar-refractivity contribution < 1.29 is 9.59 Å². The molecule has 1 fully saturated rings. The monoisotopic (exact) mass is 317 g/mol. The van der Waals surface area contributed by atoms with Crippen molar-refractivity contribution in [3.05, 3.63) is 35.4 Å². The van der Waals surface area contributed by atoms with Crippen molar-refractivity contribution in [1.29, 1.82) is 0 Å². The van der Waals surface area contributed by atoms with Crippen LogP contribution in [0.1, 0.15) is 55.5 Å². The van der Waals surface area contributed by atoms with Crippen molar-refractivity contribution in [2.24, 2.45) is 11.7 Å². The van der Waals surface area contributed by atoms with E-state index in [-0.39, 0.29) is 17.7 Å². The van der Waals surface area contributed by atoms with Gasteiger partial charge in [0.1, 0.15) is 0 Å². The molecule has 5 nitrogen and oxygen atoms in total. The molecule has 1 aromatic rings. The Morgan fingerprint density at radius 3 is 2.35 bits per heavy atom. The van der Waals surface area contributed by atoms with Crippen LogP contribution in [-0.4, -0.2) is 23.9 Å².